The van der Waals surface area contributed by atoms with Crippen LogP contribution in [0.4, 0.5) is 5.95 Å². The van der Waals surface area contributed by atoms with E-state index < -0.39 is 0 Å². The lowest BCUT2D eigenvalue weighted by Gasteiger charge is -2.22. The Morgan fingerprint density at radius 3 is 2.84 bits per heavy atom. The lowest BCUT2D eigenvalue weighted by atomic mass is 10.1. The minimum absolute atomic E-state index is 0.0134. The molecule has 0 saturated heterocycles. The van der Waals surface area contributed by atoms with Crippen LogP contribution in [-0.2, 0) is 13.0 Å². The van der Waals surface area contributed by atoms with Crippen LogP contribution in [0.5, 0.6) is 0 Å². The van der Waals surface area contributed by atoms with Gasteiger partial charge in [-0.2, -0.15) is 0 Å². The molecular formula is C23H30ClN5OS. The maximum absolute atomic E-state index is 13.7. The summed E-state index contributed by atoms with van der Waals surface area (Å²) in [5.41, 5.74) is 1.89. The van der Waals surface area contributed by atoms with E-state index in [4.69, 9.17) is 16.6 Å². The molecule has 4 rings (SSSR count). The molecule has 0 atom stereocenters. The van der Waals surface area contributed by atoms with E-state index in [2.05, 4.69) is 36.0 Å². The van der Waals surface area contributed by atoms with Gasteiger partial charge in [0, 0.05) is 29.5 Å². The average molecular weight is 460 g/mol. The standard InChI is InChI=1S/C23H30ClN5OS/c1-4-28(5-2)12-7-11-25-23-26-21-20(18-10-13-27(3)15-19(18)31-21)22(30)29(23)17-9-6-8-16(24)14-17/h6,8-9,14H,4-5,7,10-13,15H2,1-3H3,(H,25,26). The number of hydrogen-bond donors (Lipinski definition) is 1. The Labute approximate surface area is 192 Å². The van der Waals surface area contributed by atoms with E-state index in [0.717, 1.165) is 68.0 Å². The molecule has 0 saturated carbocycles. The van der Waals surface area contributed by atoms with E-state index in [9.17, 15) is 4.79 Å². The molecule has 1 N–H and O–H groups in total. The van der Waals surface area contributed by atoms with Gasteiger partial charge in [-0.1, -0.05) is 31.5 Å². The first-order chi connectivity index (χ1) is 15.0. The van der Waals surface area contributed by atoms with Crippen molar-refractivity contribution in [1.29, 1.82) is 0 Å². The van der Waals surface area contributed by atoms with Crippen LogP contribution >= 0.6 is 22.9 Å². The van der Waals surface area contributed by atoms with E-state index in [1.165, 1.54) is 10.4 Å². The molecule has 2 aromatic heterocycles. The summed E-state index contributed by atoms with van der Waals surface area (Å²) < 4.78 is 1.69. The van der Waals surface area contributed by atoms with Crippen molar-refractivity contribution in [2.24, 2.45) is 0 Å². The molecular weight excluding hydrogens is 430 g/mol. The van der Waals surface area contributed by atoms with Crippen molar-refractivity contribution in [2.75, 3.05) is 45.1 Å². The number of rotatable bonds is 8. The van der Waals surface area contributed by atoms with Crippen LogP contribution in [0.1, 0.15) is 30.7 Å². The number of hydrogen-bond acceptors (Lipinski definition) is 6. The van der Waals surface area contributed by atoms with Gasteiger partial charge in [-0.05, 0) is 63.3 Å². The first-order valence-electron chi connectivity index (χ1n) is 11.0. The first kappa shape index (κ1) is 22.3. The van der Waals surface area contributed by atoms with Crippen molar-refractivity contribution in [2.45, 2.75) is 33.2 Å². The number of thiophene rings is 1. The summed E-state index contributed by atoms with van der Waals surface area (Å²) in [4.78, 5) is 25.4. The van der Waals surface area contributed by atoms with Crippen LogP contribution in [0.2, 0.25) is 5.02 Å². The van der Waals surface area contributed by atoms with Crippen molar-refractivity contribution in [3.63, 3.8) is 0 Å². The van der Waals surface area contributed by atoms with Crippen LogP contribution < -0.4 is 10.9 Å². The summed E-state index contributed by atoms with van der Waals surface area (Å²) >= 11 is 7.91. The van der Waals surface area contributed by atoms with E-state index >= 15 is 0 Å². The fraction of sp³-hybridized carbons (Fsp3) is 0.478. The van der Waals surface area contributed by atoms with Gasteiger partial charge in [-0.15, -0.1) is 11.3 Å². The molecule has 1 aliphatic rings. The number of fused-ring (bicyclic) bond motifs is 3. The highest BCUT2D eigenvalue weighted by atomic mass is 35.5. The van der Waals surface area contributed by atoms with Crippen molar-refractivity contribution >= 4 is 39.1 Å². The van der Waals surface area contributed by atoms with Crippen LogP contribution in [0.3, 0.4) is 0 Å². The summed E-state index contributed by atoms with van der Waals surface area (Å²) in [6.07, 6.45) is 1.87. The van der Waals surface area contributed by atoms with Gasteiger partial charge in [-0.25, -0.2) is 9.55 Å². The van der Waals surface area contributed by atoms with Crippen molar-refractivity contribution in [3.8, 4) is 5.69 Å². The molecule has 166 valence electrons. The highest BCUT2D eigenvalue weighted by Crippen LogP contribution is 2.33. The third-order valence-electron chi connectivity index (χ3n) is 5.96. The lowest BCUT2D eigenvalue weighted by Crippen LogP contribution is -2.28. The zero-order valence-corrected chi connectivity index (χ0v) is 20.0. The maximum atomic E-state index is 13.7. The third kappa shape index (κ3) is 4.65. The molecule has 1 aliphatic heterocycles. The maximum Gasteiger partial charge on any atom is 0.268 e. The topological polar surface area (TPSA) is 53.4 Å². The summed E-state index contributed by atoms with van der Waals surface area (Å²) in [6, 6.07) is 7.43. The molecule has 31 heavy (non-hydrogen) atoms. The minimum atomic E-state index is -0.0134. The number of anilines is 1. The van der Waals surface area contributed by atoms with Gasteiger partial charge in [0.1, 0.15) is 4.83 Å². The Morgan fingerprint density at radius 1 is 1.29 bits per heavy atom. The number of likely N-dealkylation sites (N-methyl/N-ethyl adjacent to an activating group) is 1. The molecule has 8 heteroatoms. The van der Waals surface area contributed by atoms with Gasteiger partial charge in [0.25, 0.3) is 5.56 Å². The molecule has 0 bridgehead atoms. The van der Waals surface area contributed by atoms with Gasteiger partial charge in [0.2, 0.25) is 5.95 Å². The number of nitrogens with zero attached hydrogens (tertiary/aromatic N) is 4. The Kier molecular flexibility index (Phi) is 6.96. The van der Waals surface area contributed by atoms with Gasteiger partial charge in [0.05, 0.1) is 11.1 Å². The Hall–Kier alpha value is -1.93. The second-order valence-corrected chi connectivity index (χ2v) is 9.55. The fourth-order valence-electron chi connectivity index (χ4n) is 4.19. The predicted molar refractivity (Wildman–Crippen MR) is 131 cm³/mol. The van der Waals surface area contributed by atoms with E-state index in [0.29, 0.717) is 11.0 Å². The van der Waals surface area contributed by atoms with Gasteiger partial charge in [-0.3, -0.25) is 4.79 Å². The zero-order valence-electron chi connectivity index (χ0n) is 18.4. The highest BCUT2D eigenvalue weighted by molar-refractivity contribution is 7.18. The number of nitrogens with one attached hydrogen (secondary N) is 1. The molecule has 0 aliphatic carbocycles. The largest absolute Gasteiger partial charge is 0.355 e. The Morgan fingerprint density at radius 2 is 2.10 bits per heavy atom. The monoisotopic (exact) mass is 459 g/mol. The number of benzene rings is 1. The molecule has 0 amide bonds. The first-order valence-corrected chi connectivity index (χ1v) is 12.2. The second-order valence-electron chi connectivity index (χ2n) is 8.03. The average Bonchev–Trinajstić information content (AvgIpc) is 3.11. The van der Waals surface area contributed by atoms with Crippen LogP contribution in [-0.4, -0.2) is 59.1 Å². The predicted octanol–water partition coefficient (Wildman–Crippen LogP) is 4.23. The molecule has 6 nitrogen and oxygen atoms in total. The van der Waals surface area contributed by atoms with E-state index in [1.807, 2.05) is 24.3 Å². The van der Waals surface area contributed by atoms with Crippen molar-refractivity contribution in [1.82, 2.24) is 19.4 Å². The minimum Gasteiger partial charge on any atom is -0.355 e. The van der Waals surface area contributed by atoms with Crippen molar-refractivity contribution in [3.05, 3.63) is 50.1 Å². The van der Waals surface area contributed by atoms with Gasteiger partial charge >= 0.3 is 0 Å². The molecule has 0 radical (unpaired) electrons. The Balaban J connectivity index is 1.74. The summed E-state index contributed by atoms with van der Waals surface area (Å²) in [5.74, 6) is 0.589. The third-order valence-corrected chi connectivity index (χ3v) is 7.31. The second kappa shape index (κ2) is 9.69. The number of halogens is 1. The molecule has 0 fully saturated rings. The molecule has 1 aromatic carbocycles. The number of aromatic nitrogens is 2. The van der Waals surface area contributed by atoms with Crippen LogP contribution in [0.25, 0.3) is 15.9 Å². The molecule has 0 unspecified atom stereocenters. The van der Waals surface area contributed by atoms with Crippen LogP contribution in [0.15, 0.2) is 29.1 Å². The van der Waals surface area contributed by atoms with Gasteiger partial charge in [0.15, 0.2) is 0 Å². The zero-order chi connectivity index (χ0) is 22.0. The Bertz CT molecular complexity index is 1120. The quantitative estimate of drug-likeness (QED) is 0.511. The summed E-state index contributed by atoms with van der Waals surface area (Å²) in [6.45, 7) is 10.1. The highest BCUT2D eigenvalue weighted by Gasteiger charge is 2.24. The van der Waals surface area contributed by atoms with Crippen molar-refractivity contribution < 1.29 is 0 Å². The van der Waals surface area contributed by atoms with Gasteiger partial charge < -0.3 is 15.1 Å². The lowest BCUT2D eigenvalue weighted by molar-refractivity contribution is 0.303. The molecule has 0 spiro atoms. The molecule has 3 aromatic rings. The smallest absolute Gasteiger partial charge is 0.268 e. The summed E-state index contributed by atoms with van der Waals surface area (Å²) in [5, 5.41) is 4.80. The summed E-state index contributed by atoms with van der Waals surface area (Å²) in [7, 11) is 2.12. The molecule has 3 heterocycles. The van der Waals surface area contributed by atoms with Crippen LogP contribution in [0, 0.1) is 0 Å². The SMILES string of the molecule is CCN(CC)CCCNc1nc2sc3c(c2c(=O)n1-c1cccc(Cl)c1)CCN(C)C3. The van der Waals surface area contributed by atoms with E-state index in [1.54, 1.807) is 15.9 Å². The van der Waals surface area contributed by atoms with E-state index in [-0.39, 0.29) is 5.56 Å². The normalized spacial score (nSPS) is 14.4. The fourth-order valence-corrected chi connectivity index (χ4v) is 5.66.